The quantitative estimate of drug-likeness (QED) is 0.259. The molecule has 0 amide bonds. The smallest absolute Gasteiger partial charge is 0.354 e. The maximum Gasteiger partial charge on any atom is 0.354 e. The Morgan fingerprint density at radius 1 is 1.10 bits per heavy atom. The van der Waals surface area contributed by atoms with Gasteiger partial charge in [-0.1, -0.05) is 25.5 Å². The van der Waals surface area contributed by atoms with Crippen LogP contribution in [-0.2, 0) is 0 Å². The standard InChI is InChI=1S/C21H20N6O3/c1-2-3-12-30-16-10-8-15(9-11-16)25-20-19(27(28)29)21(23-13-22-20)26-14-24-17-6-4-5-7-18(17)26/h4-11,13-14H,2-3,12H2,1H3,(H,22,23,25). The van der Waals surface area contributed by atoms with Crippen LogP contribution in [0.4, 0.5) is 17.2 Å². The number of nitrogens with zero attached hydrogens (tertiary/aromatic N) is 5. The fourth-order valence-corrected chi connectivity index (χ4v) is 3.04. The molecule has 0 radical (unpaired) electrons. The Labute approximate surface area is 172 Å². The first-order chi connectivity index (χ1) is 14.7. The van der Waals surface area contributed by atoms with Gasteiger partial charge in [0.25, 0.3) is 0 Å². The van der Waals surface area contributed by atoms with Crippen molar-refractivity contribution in [2.75, 3.05) is 11.9 Å². The molecule has 0 saturated carbocycles. The van der Waals surface area contributed by atoms with Crippen molar-refractivity contribution in [2.24, 2.45) is 0 Å². The summed E-state index contributed by atoms with van der Waals surface area (Å²) in [6.07, 6.45) is 4.86. The van der Waals surface area contributed by atoms with Crippen molar-refractivity contribution < 1.29 is 9.66 Å². The van der Waals surface area contributed by atoms with Gasteiger partial charge in [-0.05, 0) is 42.8 Å². The lowest BCUT2D eigenvalue weighted by atomic mass is 10.3. The molecule has 2 heterocycles. The second kappa shape index (κ2) is 8.56. The molecule has 0 spiro atoms. The monoisotopic (exact) mass is 404 g/mol. The summed E-state index contributed by atoms with van der Waals surface area (Å²) >= 11 is 0. The SMILES string of the molecule is CCCCOc1ccc(Nc2ncnc(-n3cnc4ccccc43)c2[N+](=O)[O-])cc1. The Morgan fingerprint density at radius 2 is 1.90 bits per heavy atom. The van der Waals surface area contributed by atoms with Crippen LogP contribution < -0.4 is 10.1 Å². The van der Waals surface area contributed by atoms with Crippen molar-refractivity contribution in [2.45, 2.75) is 19.8 Å². The molecule has 0 atom stereocenters. The number of aromatic nitrogens is 4. The fraction of sp³-hybridized carbons (Fsp3) is 0.190. The van der Waals surface area contributed by atoms with E-state index in [4.69, 9.17) is 4.74 Å². The number of nitro groups is 1. The topological polar surface area (TPSA) is 108 Å². The van der Waals surface area contributed by atoms with E-state index in [-0.39, 0.29) is 17.3 Å². The maximum atomic E-state index is 11.9. The van der Waals surface area contributed by atoms with Crippen molar-refractivity contribution in [3.63, 3.8) is 0 Å². The summed E-state index contributed by atoms with van der Waals surface area (Å²) in [5.74, 6) is 0.991. The lowest BCUT2D eigenvalue weighted by Crippen LogP contribution is -2.07. The zero-order valence-electron chi connectivity index (χ0n) is 16.4. The van der Waals surface area contributed by atoms with Crippen molar-refractivity contribution in [3.8, 4) is 11.6 Å². The van der Waals surface area contributed by atoms with Gasteiger partial charge in [0.05, 0.1) is 22.6 Å². The number of hydrogen-bond acceptors (Lipinski definition) is 7. The molecular weight excluding hydrogens is 384 g/mol. The van der Waals surface area contributed by atoms with E-state index in [1.807, 2.05) is 36.4 Å². The number of rotatable bonds is 8. The Bertz CT molecular complexity index is 1170. The predicted octanol–water partition coefficient (Wildman–Crippen LogP) is 4.65. The Morgan fingerprint density at radius 3 is 2.67 bits per heavy atom. The van der Waals surface area contributed by atoms with E-state index in [0.29, 0.717) is 12.3 Å². The van der Waals surface area contributed by atoms with E-state index >= 15 is 0 Å². The van der Waals surface area contributed by atoms with E-state index in [9.17, 15) is 10.1 Å². The summed E-state index contributed by atoms with van der Waals surface area (Å²) in [4.78, 5) is 24.0. The molecule has 0 fully saturated rings. The fourth-order valence-electron chi connectivity index (χ4n) is 3.04. The van der Waals surface area contributed by atoms with Gasteiger partial charge in [0, 0.05) is 5.69 Å². The zero-order chi connectivity index (χ0) is 20.9. The van der Waals surface area contributed by atoms with Crippen LogP contribution in [0, 0.1) is 10.1 Å². The average Bonchev–Trinajstić information content (AvgIpc) is 3.19. The predicted molar refractivity (Wildman–Crippen MR) is 113 cm³/mol. The van der Waals surface area contributed by atoms with Crippen LogP contribution in [0.1, 0.15) is 19.8 Å². The molecule has 30 heavy (non-hydrogen) atoms. The third kappa shape index (κ3) is 3.90. The summed E-state index contributed by atoms with van der Waals surface area (Å²) in [5, 5.41) is 14.9. The van der Waals surface area contributed by atoms with Gasteiger partial charge in [-0.2, -0.15) is 0 Å². The highest BCUT2D eigenvalue weighted by atomic mass is 16.6. The molecular formula is C21H20N6O3. The van der Waals surface area contributed by atoms with Crippen LogP contribution in [-0.4, -0.2) is 31.0 Å². The van der Waals surface area contributed by atoms with Crippen LogP contribution in [0.25, 0.3) is 16.9 Å². The Hall–Kier alpha value is -4.01. The van der Waals surface area contributed by atoms with Crippen molar-refractivity contribution in [3.05, 3.63) is 71.3 Å². The molecule has 2 aromatic heterocycles. The lowest BCUT2D eigenvalue weighted by Gasteiger charge is -2.10. The van der Waals surface area contributed by atoms with Gasteiger partial charge in [0.15, 0.2) is 0 Å². The second-order valence-electron chi connectivity index (χ2n) is 6.61. The molecule has 0 unspecified atom stereocenters. The minimum Gasteiger partial charge on any atom is -0.494 e. The molecule has 9 heteroatoms. The van der Waals surface area contributed by atoms with Crippen LogP contribution >= 0.6 is 0 Å². The molecule has 0 aliphatic heterocycles. The van der Waals surface area contributed by atoms with Crippen LogP contribution in [0.5, 0.6) is 5.75 Å². The molecule has 1 N–H and O–H groups in total. The number of nitrogens with one attached hydrogen (secondary N) is 1. The van der Waals surface area contributed by atoms with Gasteiger partial charge in [-0.25, -0.2) is 15.0 Å². The number of fused-ring (bicyclic) bond motifs is 1. The highest BCUT2D eigenvalue weighted by Crippen LogP contribution is 2.32. The first-order valence-corrected chi connectivity index (χ1v) is 9.59. The Kier molecular flexibility index (Phi) is 5.51. The molecule has 9 nitrogen and oxygen atoms in total. The Balaban J connectivity index is 1.66. The summed E-state index contributed by atoms with van der Waals surface area (Å²) in [6.45, 7) is 2.76. The van der Waals surface area contributed by atoms with E-state index in [1.165, 1.54) is 12.7 Å². The van der Waals surface area contributed by atoms with Gasteiger partial charge in [-0.15, -0.1) is 0 Å². The minimum atomic E-state index is -0.491. The summed E-state index contributed by atoms with van der Waals surface area (Å²) in [7, 11) is 0. The maximum absolute atomic E-state index is 11.9. The molecule has 0 saturated heterocycles. The van der Waals surface area contributed by atoms with Crippen molar-refractivity contribution in [1.82, 2.24) is 19.5 Å². The van der Waals surface area contributed by atoms with E-state index in [0.717, 1.165) is 29.6 Å². The van der Waals surface area contributed by atoms with Crippen LogP contribution in [0.15, 0.2) is 61.2 Å². The normalized spacial score (nSPS) is 10.8. The molecule has 4 rings (SSSR count). The van der Waals surface area contributed by atoms with Gasteiger partial charge < -0.3 is 10.1 Å². The number of hydrogen-bond donors (Lipinski definition) is 1. The molecule has 152 valence electrons. The van der Waals surface area contributed by atoms with Crippen LogP contribution in [0.2, 0.25) is 0 Å². The highest BCUT2D eigenvalue weighted by Gasteiger charge is 2.25. The van der Waals surface area contributed by atoms with Gasteiger partial charge >= 0.3 is 5.69 Å². The molecule has 4 aromatic rings. The summed E-state index contributed by atoms with van der Waals surface area (Å²) < 4.78 is 7.24. The third-order valence-electron chi connectivity index (χ3n) is 4.55. The summed E-state index contributed by atoms with van der Waals surface area (Å²) in [6, 6.07) is 14.6. The average molecular weight is 404 g/mol. The number of ether oxygens (including phenoxy) is 1. The highest BCUT2D eigenvalue weighted by molar-refractivity contribution is 5.79. The van der Waals surface area contributed by atoms with Crippen molar-refractivity contribution >= 4 is 28.2 Å². The van der Waals surface area contributed by atoms with Crippen LogP contribution in [0.3, 0.4) is 0 Å². The first-order valence-electron chi connectivity index (χ1n) is 9.59. The first kappa shape index (κ1) is 19.3. The molecule has 0 aliphatic carbocycles. The van der Waals surface area contributed by atoms with E-state index < -0.39 is 4.92 Å². The van der Waals surface area contributed by atoms with E-state index in [2.05, 4.69) is 27.2 Å². The molecule has 0 bridgehead atoms. The minimum absolute atomic E-state index is 0.0995. The van der Waals surface area contributed by atoms with Gasteiger partial charge in [-0.3, -0.25) is 14.7 Å². The number of anilines is 2. The largest absolute Gasteiger partial charge is 0.494 e. The van der Waals surface area contributed by atoms with Gasteiger partial charge in [0.2, 0.25) is 11.6 Å². The number of unbranched alkanes of at least 4 members (excludes halogenated alkanes) is 1. The number of para-hydroxylation sites is 2. The lowest BCUT2D eigenvalue weighted by molar-refractivity contribution is -0.384. The number of imidazole rings is 1. The number of benzene rings is 2. The zero-order valence-corrected chi connectivity index (χ0v) is 16.4. The van der Waals surface area contributed by atoms with Gasteiger partial charge in [0.1, 0.15) is 18.4 Å². The molecule has 0 aliphatic rings. The third-order valence-corrected chi connectivity index (χ3v) is 4.55. The van der Waals surface area contributed by atoms with E-state index in [1.54, 1.807) is 16.7 Å². The van der Waals surface area contributed by atoms with Crippen molar-refractivity contribution in [1.29, 1.82) is 0 Å². The summed E-state index contributed by atoms with van der Waals surface area (Å²) in [5.41, 5.74) is 1.86. The molecule has 2 aromatic carbocycles. The second-order valence-corrected chi connectivity index (χ2v) is 6.61.